The minimum Gasteiger partial charge on any atom is -0.377 e. The van der Waals surface area contributed by atoms with Gasteiger partial charge < -0.3 is 26.6 Å². The van der Waals surface area contributed by atoms with Crippen molar-refractivity contribution in [3.05, 3.63) is 0 Å². The zero-order valence-electron chi connectivity index (χ0n) is 16.2. The van der Waals surface area contributed by atoms with Crippen LogP contribution in [0.25, 0.3) is 0 Å². The quantitative estimate of drug-likeness (QED) is 0.345. The van der Waals surface area contributed by atoms with E-state index < -0.39 is 18.3 Å². The molecule has 0 radical (unpaired) electrons. The zero-order valence-corrected chi connectivity index (χ0v) is 18.3. The van der Waals surface area contributed by atoms with Crippen LogP contribution in [0.5, 0.6) is 0 Å². The summed E-state index contributed by atoms with van der Waals surface area (Å²) >= 11 is 0. The third-order valence-electron chi connectivity index (χ3n) is 3.18. The summed E-state index contributed by atoms with van der Waals surface area (Å²) in [6, 6.07) is 0.927. The first kappa shape index (κ1) is 25.4. The van der Waals surface area contributed by atoms with Gasteiger partial charge in [-0.15, -0.1) is 0 Å². The Morgan fingerprint density at radius 2 is 1.09 bits per heavy atom. The Labute approximate surface area is 146 Å². The van der Waals surface area contributed by atoms with Crippen molar-refractivity contribution in [2.75, 3.05) is 41.2 Å². The molecule has 0 saturated heterocycles. The van der Waals surface area contributed by atoms with E-state index in [1.54, 1.807) is 21.3 Å². The standard InChI is InChI=1S/C9H22O3Si.C6H16O3Si/c1-5-6-7-8-9-13(10-2,11-3)12-4;1-4-7-10(8-5-2)9-6-3/h5-9H2,1-4H3;10H,4-6H2,1-3H3. The average Bonchev–Trinajstić information content (AvgIpc) is 2.57. The summed E-state index contributed by atoms with van der Waals surface area (Å²) in [5.41, 5.74) is 0. The first-order chi connectivity index (χ1) is 11.1. The Morgan fingerprint density at radius 3 is 1.39 bits per heavy atom. The fraction of sp³-hybridized carbons (Fsp3) is 1.00. The van der Waals surface area contributed by atoms with Gasteiger partial charge in [-0.2, -0.15) is 0 Å². The van der Waals surface area contributed by atoms with Gasteiger partial charge in [0, 0.05) is 47.2 Å². The maximum Gasteiger partial charge on any atom is 0.500 e. The molecule has 0 aromatic rings. The Bertz CT molecular complexity index is 207. The minimum absolute atomic E-state index is 0.677. The first-order valence-corrected chi connectivity index (χ1v) is 11.9. The molecule has 0 aliphatic carbocycles. The highest BCUT2D eigenvalue weighted by atomic mass is 28.4. The van der Waals surface area contributed by atoms with Crippen LogP contribution < -0.4 is 0 Å². The average molecular weight is 371 g/mol. The third-order valence-corrected chi connectivity index (χ3v) is 7.83. The smallest absolute Gasteiger partial charge is 0.377 e. The molecule has 0 heterocycles. The number of hydrogen-bond acceptors (Lipinski definition) is 6. The molecule has 0 aliphatic heterocycles. The van der Waals surface area contributed by atoms with E-state index >= 15 is 0 Å². The molecule has 142 valence electrons. The molecule has 0 amide bonds. The molecular formula is C15H38O6Si2. The molecule has 0 rings (SSSR count). The molecule has 23 heavy (non-hydrogen) atoms. The largest absolute Gasteiger partial charge is 0.500 e. The van der Waals surface area contributed by atoms with Gasteiger partial charge in [0.2, 0.25) is 0 Å². The predicted molar refractivity (Wildman–Crippen MR) is 97.8 cm³/mol. The Balaban J connectivity index is 0. The van der Waals surface area contributed by atoms with Gasteiger partial charge in [-0.1, -0.05) is 26.2 Å². The van der Waals surface area contributed by atoms with Crippen LogP contribution in [0, 0.1) is 0 Å². The molecule has 6 nitrogen and oxygen atoms in total. The molecule has 0 bridgehead atoms. The SMILES string of the molecule is CCCCCC[Si](OC)(OC)OC.CCO[SiH](OCC)OCC. The summed E-state index contributed by atoms with van der Waals surface area (Å²) in [6.07, 6.45) is 4.90. The van der Waals surface area contributed by atoms with Crippen molar-refractivity contribution >= 4 is 18.3 Å². The van der Waals surface area contributed by atoms with Gasteiger partial charge in [-0.3, -0.25) is 0 Å². The van der Waals surface area contributed by atoms with Crippen molar-refractivity contribution in [2.24, 2.45) is 0 Å². The van der Waals surface area contributed by atoms with E-state index in [1.807, 2.05) is 20.8 Å². The molecule has 8 heteroatoms. The predicted octanol–water partition coefficient (Wildman–Crippen LogP) is 3.26. The first-order valence-electron chi connectivity index (χ1n) is 8.59. The second kappa shape index (κ2) is 18.5. The molecular weight excluding hydrogens is 332 g/mol. The Morgan fingerprint density at radius 1 is 0.652 bits per heavy atom. The molecule has 0 atom stereocenters. The van der Waals surface area contributed by atoms with E-state index in [0.717, 1.165) is 12.5 Å². The highest BCUT2D eigenvalue weighted by Gasteiger charge is 2.36. The van der Waals surface area contributed by atoms with Crippen LogP contribution in [0.2, 0.25) is 6.04 Å². The van der Waals surface area contributed by atoms with Crippen molar-refractivity contribution in [2.45, 2.75) is 59.4 Å². The third kappa shape index (κ3) is 14.3. The van der Waals surface area contributed by atoms with Crippen molar-refractivity contribution < 1.29 is 26.6 Å². The molecule has 0 saturated carbocycles. The van der Waals surface area contributed by atoms with E-state index in [4.69, 9.17) is 26.6 Å². The van der Waals surface area contributed by atoms with E-state index in [2.05, 4.69) is 6.92 Å². The van der Waals surface area contributed by atoms with Crippen molar-refractivity contribution in [3.8, 4) is 0 Å². The van der Waals surface area contributed by atoms with E-state index in [-0.39, 0.29) is 0 Å². The van der Waals surface area contributed by atoms with Gasteiger partial charge in [0.1, 0.15) is 0 Å². The molecule has 0 unspecified atom stereocenters. The van der Waals surface area contributed by atoms with Crippen LogP contribution in [0.4, 0.5) is 0 Å². The lowest BCUT2D eigenvalue weighted by molar-refractivity contribution is 0.107. The Hall–Kier alpha value is 0.194. The molecule has 0 spiro atoms. The van der Waals surface area contributed by atoms with E-state index in [0.29, 0.717) is 19.8 Å². The molecule has 0 aromatic heterocycles. The van der Waals surface area contributed by atoms with Gasteiger partial charge in [-0.25, -0.2) is 0 Å². The topological polar surface area (TPSA) is 55.4 Å². The lowest BCUT2D eigenvalue weighted by atomic mass is 10.2. The lowest BCUT2D eigenvalue weighted by Crippen LogP contribution is -2.42. The van der Waals surface area contributed by atoms with Crippen molar-refractivity contribution in [3.63, 3.8) is 0 Å². The van der Waals surface area contributed by atoms with E-state index in [1.165, 1.54) is 19.3 Å². The lowest BCUT2D eigenvalue weighted by Gasteiger charge is -2.24. The highest BCUT2D eigenvalue weighted by Crippen LogP contribution is 2.17. The second-order valence-electron chi connectivity index (χ2n) is 4.76. The molecule has 0 fully saturated rings. The highest BCUT2D eigenvalue weighted by molar-refractivity contribution is 6.60. The normalized spacial score (nSPS) is 11.5. The van der Waals surface area contributed by atoms with Crippen LogP contribution >= 0.6 is 0 Å². The van der Waals surface area contributed by atoms with Crippen LogP contribution in [0.15, 0.2) is 0 Å². The van der Waals surface area contributed by atoms with Crippen LogP contribution in [-0.4, -0.2) is 59.5 Å². The summed E-state index contributed by atoms with van der Waals surface area (Å²) in [4.78, 5) is 0. The summed E-state index contributed by atoms with van der Waals surface area (Å²) in [6.45, 7) is 10.1. The summed E-state index contributed by atoms with van der Waals surface area (Å²) in [5.74, 6) is 0. The van der Waals surface area contributed by atoms with Gasteiger partial charge in [0.25, 0.3) is 0 Å². The summed E-state index contributed by atoms with van der Waals surface area (Å²) < 4.78 is 31.6. The van der Waals surface area contributed by atoms with Gasteiger partial charge >= 0.3 is 18.3 Å². The van der Waals surface area contributed by atoms with Crippen LogP contribution in [-0.2, 0) is 26.6 Å². The number of hydrogen-bond donors (Lipinski definition) is 0. The second-order valence-corrected chi connectivity index (χ2v) is 9.43. The van der Waals surface area contributed by atoms with Crippen LogP contribution in [0.3, 0.4) is 0 Å². The maximum absolute atomic E-state index is 5.31. The Kier molecular flexibility index (Phi) is 20.5. The molecule has 0 aromatic carbocycles. The van der Waals surface area contributed by atoms with Gasteiger partial charge in [-0.05, 0) is 27.2 Å². The monoisotopic (exact) mass is 370 g/mol. The molecule has 0 N–H and O–H groups in total. The number of rotatable bonds is 14. The summed E-state index contributed by atoms with van der Waals surface area (Å²) in [7, 11) is 0.996. The van der Waals surface area contributed by atoms with Gasteiger partial charge in [0.05, 0.1) is 0 Å². The minimum atomic E-state index is -2.27. The fourth-order valence-corrected chi connectivity index (χ4v) is 4.78. The fourth-order valence-electron chi connectivity index (χ4n) is 1.88. The van der Waals surface area contributed by atoms with Gasteiger partial charge in [0.15, 0.2) is 0 Å². The maximum atomic E-state index is 5.31. The zero-order chi connectivity index (χ0) is 18.0. The van der Waals surface area contributed by atoms with Crippen molar-refractivity contribution in [1.29, 1.82) is 0 Å². The summed E-state index contributed by atoms with van der Waals surface area (Å²) in [5, 5.41) is 0. The van der Waals surface area contributed by atoms with Crippen molar-refractivity contribution in [1.82, 2.24) is 0 Å². The molecule has 0 aliphatic rings. The number of unbranched alkanes of at least 4 members (excludes halogenated alkanes) is 3. The van der Waals surface area contributed by atoms with E-state index in [9.17, 15) is 0 Å². The van der Waals surface area contributed by atoms with Crippen LogP contribution in [0.1, 0.15) is 53.4 Å².